The minimum atomic E-state index is -0.331. The van der Waals surface area contributed by atoms with E-state index in [1.165, 1.54) is 43.5 Å². The van der Waals surface area contributed by atoms with Crippen LogP contribution in [0.3, 0.4) is 0 Å². The molecule has 0 unspecified atom stereocenters. The Morgan fingerprint density at radius 3 is 2.41 bits per heavy atom. The average Bonchev–Trinajstić information content (AvgIpc) is 2.58. The van der Waals surface area contributed by atoms with Crippen LogP contribution in [0, 0.1) is 5.82 Å². The largest absolute Gasteiger partial charge is 0.370 e. The molecule has 0 atom stereocenters. The molecule has 0 spiro atoms. The third-order valence-electron chi connectivity index (χ3n) is 3.80. The summed E-state index contributed by atoms with van der Waals surface area (Å²) < 4.78 is 12.8. The van der Waals surface area contributed by atoms with E-state index in [1.54, 1.807) is 12.3 Å². The van der Waals surface area contributed by atoms with Gasteiger partial charge in [0.15, 0.2) is 0 Å². The number of benzene rings is 1. The van der Waals surface area contributed by atoms with Crippen molar-refractivity contribution in [3.63, 3.8) is 0 Å². The summed E-state index contributed by atoms with van der Waals surface area (Å²) in [5.74, 6) is -0.626. The maximum Gasteiger partial charge on any atom is 0.274 e. The maximum atomic E-state index is 12.8. The molecule has 1 aromatic carbocycles. The number of piperidine rings is 1. The lowest BCUT2D eigenvalue weighted by Crippen LogP contribution is -2.29. The van der Waals surface area contributed by atoms with Gasteiger partial charge in [-0.25, -0.2) is 9.37 Å². The second-order valence-corrected chi connectivity index (χ2v) is 5.41. The molecule has 1 fully saturated rings. The Hall–Kier alpha value is -2.43. The number of hydrogen-bond donors (Lipinski definition) is 1. The number of nitrogens with one attached hydrogen (secondary N) is 1. The summed E-state index contributed by atoms with van der Waals surface area (Å²) in [5, 5.41) is 2.70. The Morgan fingerprint density at radius 2 is 1.77 bits per heavy atom. The molecule has 1 N–H and O–H groups in total. The first-order chi connectivity index (χ1) is 10.7. The zero-order valence-corrected chi connectivity index (χ0v) is 12.3. The van der Waals surface area contributed by atoms with Gasteiger partial charge in [0.2, 0.25) is 0 Å². The molecule has 2 heterocycles. The number of amides is 1. The zero-order chi connectivity index (χ0) is 15.4. The van der Waals surface area contributed by atoms with Crippen LogP contribution in [0.4, 0.5) is 15.8 Å². The molecule has 1 saturated heterocycles. The fraction of sp³-hybridized carbons (Fsp3) is 0.294. The number of carbonyl (C=O) groups excluding carboxylic acids is 1. The van der Waals surface area contributed by atoms with Crippen molar-refractivity contribution in [1.82, 2.24) is 4.98 Å². The van der Waals surface area contributed by atoms with Crippen LogP contribution < -0.4 is 10.2 Å². The number of aromatic nitrogens is 1. The Kier molecular flexibility index (Phi) is 4.32. The molecule has 22 heavy (non-hydrogen) atoms. The quantitative estimate of drug-likeness (QED) is 0.944. The van der Waals surface area contributed by atoms with Gasteiger partial charge in [-0.05, 0) is 55.7 Å². The Balaban J connectivity index is 1.66. The number of anilines is 2. The lowest BCUT2D eigenvalue weighted by Gasteiger charge is -2.28. The van der Waals surface area contributed by atoms with Crippen LogP contribution >= 0.6 is 0 Å². The van der Waals surface area contributed by atoms with Crippen molar-refractivity contribution in [2.45, 2.75) is 19.3 Å². The van der Waals surface area contributed by atoms with E-state index in [0.29, 0.717) is 11.4 Å². The van der Waals surface area contributed by atoms with Crippen molar-refractivity contribution in [3.8, 4) is 0 Å². The van der Waals surface area contributed by atoms with Gasteiger partial charge in [-0.1, -0.05) is 0 Å². The summed E-state index contributed by atoms with van der Waals surface area (Å²) >= 11 is 0. The third-order valence-corrected chi connectivity index (χ3v) is 3.80. The van der Waals surface area contributed by atoms with E-state index in [2.05, 4.69) is 15.2 Å². The normalized spacial score (nSPS) is 14.7. The number of pyridine rings is 1. The van der Waals surface area contributed by atoms with Gasteiger partial charge in [-0.15, -0.1) is 0 Å². The monoisotopic (exact) mass is 299 g/mol. The molecule has 5 heteroatoms. The summed E-state index contributed by atoms with van der Waals surface area (Å²) in [5.41, 5.74) is 1.96. The van der Waals surface area contributed by atoms with Gasteiger partial charge in [-0.3, -0.25) is 4.79 Å². The van der Waals surface area contributed by atoms with E-state index in [1.807, 2.05) is 6.07 Å². The molecule has 1 aromatic heterocycles. The van der Waals surface area contributed by atoms with Crippen molar-refractivity contribution in [2.75, 3.05) is 23.3 Å². The molecule has 3 rings (SSSR count). The molecule has 1 aliphatic heterocycles. The van der Waals surface area contributed by atoms with Gasteiger partial charge in [-0.2, -0.15) is 0 Å². The van der Waals surface area contributed by atoms with Crippen molar-refractivity contribution in [1.29, 1.82) is 0 Å². The molecular formula is C17H18FN3O. The smallest absolute Gasteiger partial charge is 0.274 e. The van der Waals surface area contributed by atoms with Crippen molar-refractivity contribution in [3.05, 3.63) is 54.1 Å². The fourth-order valence-corrected chi connectivity index (χ4v) is 2.59. The van der Waals surface area contributed by atoms with Gasteiger partial charge < -0.3 is 10.2 Å². The highest BCUT2D eigenvalue weighted by Crippen LogP contribution is 2.19. The van der Waals surface area contributed by atoms with E-state index in [4.69, 9.17) is 0 Å². The van der Waals surface area contributed by atoms with E-state index in [0.717, 1.165) is 18.8 Å². The second kappa shape index (κ2) is 6.56. The first-order valence-corrected chi connectivity index (χ1v) is 7.50. The minimum Gasteiger partial charge on any atom is -0.370 e. The summed E-state index contributed by atoms with van der Waals surface area (Å²) in [6.07, 6.45) is 5.42. The van der Waals surface area contributed by atoms with Crippen LogP contribution in [0.25, 0.3) is 0 Å². The highest BCUT2D eigenvalue weighted by molar-refractivity contribution is 6.02. The summed E-state index contributed by atoms with van der Waals surface area (Å²) in [6, 6.07) is 9.32. The van der Waals surface area contributed by atoms with E-state index >= 15 is 0 Å². The van der Waals surface area contributed by atoms with Gasteiger partial charge in [0, 0.05) is 18.8 Å². The lowest BCUT2D eigenvalue weighted by atomic mass is 10.1. The third kappa shape index (κ3) is 3.42. The van der Waals surface area contributed by atoms with E-state index in [-0.39, 0.29) is 11.7 Å². The number of rotatable bonds is 3. The number of nitrogens with zero attached hydrogens (tertiary/aromatic N) is 2. The predicted octanol–water partition coefficient (Wildman–Crippen LogP) is 3.46. The molecule has 0 bridgehead atoms. The molecule has 0 aliphatic carbocycles. The Morgan fingerprint density at radius 1 is 1.05 bits per heavy atom. The molecule has 4 nitrogen and oxygen atoms in total. The van der Waals surface area contributed by atoms with Crippen LogP contribution in [-0.4, -0.2) is 24.0 Å². The standard InChI is InChI=1S/C17H18FN3O/c18-13-4-6-14(7-5-13)20-17(22)16-9-8-15(12-19-16)21-10-2-1-3-11-21/h4-9,12H,1-3,10-11H2,(H,20,22). The van der Waals surface area contributed by atoms with Gasteiger partial charge in [0.05, 0.1) is 11.9 Å². The summed E-state index contributed by atoms with van der Waals surface area (Å²) in [6.45, 7) is 2.09. The lowest BCUT2D eigenvalue weighted by molar-refractivity contribution is 0.102. The average molecular weight is 299 g/mol. The topological polar surface area (TPSA) is 45.2 Å². The Bertz CT molecular complexity index is 634. The first kappa shape index (κ1) is 14.5. The van der Waals surface area contributed by atoms with Crippen molar-refractivity contribution < 1.29 is 9.18 Å². The number of halogens is 1. The van der Waals surface area contributed by atoms with E-state index < -0.39 is 0 Å². The van der Waals surface area contributed by atoms with Crippen LogP contribution in [0.1, 0.15) is 29.8 Å². The van der Waals surface area contributed by atoms with Crippen LogP contribution in [-0.2, 0) is 0 Å². The van der Waals surface area contributed by atoms with Gasteiger partial charge >= 0.3 is 0 Å². The SMILES string of the molecule is O=C(Nc1ccc(F)cc1)c1ccc(N2CCCCC2)cn1. The minimum absolute atomic E-state index is 0.295. The fourth-order valence-electron chi connectivity index (χ4n) is 2.59. The molecule has 2 aromatic rings. The second-order valence-electron chi connectivity index (χ2n) is 5.41. The van der Waals surface area contributed by atoms with Crippen molar-refractivity contribution >= 4 is 17.3 Å². The molecule has 0 radical (unpaired) electrons. The molecular weight excluding hydrogens is 281 g/mol. The highest BCUT2D eigenvalue weighted by atomic mass is 19.1. The molecule has 1 amide bonds. The van der Waals surface area contributed by atoms with Crippen LogP contribution in [0.2, 0.25) is 0 Å². The number of carbonyl (C=O) groups is 1. The highest BCUT2D eigenvalue weighted by Gasteiger charge is 2.13. The summed E-state index contributed by atoms with van der Waals surface area (Å²) in [7, 11) is 0. The van der Waals surface area contributed by atoms with E-state index in [9.17, 15) is 9.18 Å². The molecule has 1 aliphatic rings. The van der Waals surface area contributed by atoms with Crippen LogP contribution in [0.15, 0.2) is 42.6 Å². The predicted molar refractivity (Wildman–Crippen MR) is 84.7 cm³/mol. The summed E-state index contributed by atoms with van der Waals surface area (Å²) in [4.78, 5) is 18.6. The molecule has 0 saturated carbocycles. The maximum absolute atomic E-state index is 12.8. The van der Waals surface area contributed by atoms with Gasteiger partial charge in [0.1, 0.15) is 11.5 Å². The van der Waals surface area contributed by atoms with Crippen LogP contribution in [0.5, 0.6) is 0 Å². The van der Waals surface area contributed by atoms with Gasteiger partial charge in [0.25, 0.3) is 5.91 Å². The molecule has 114 valence electrons. The zero-order valence-electron chi connectivity index (χ0n) is 12.3. The first-order valence-electron chi connectivity index (χ1n) is 7.50. The van der Waals surface area contributed by atoms with Crippen molar-refractivity contribution in [2.24, 2.45) is 0 Å². The number of hydrogen-bond acceptors (Lipinski definition) is 3. The Labute approximate surface area is 129 Å².